The van der Waals surface area contributed by atoms with Gasteiger partial charge in [-0.05, 0) is 114 Å². The molecule has 0 unspecified atom stereocenters. The maximum atomic E-state index is 12.5. The lowest BCUT2D eigenvalue weighted by atomic mass is 10.0. The molecule has 0 aromatic heterocycles. The maximum absolute atomic E-state index is 12.5. The van der Waals surface area contributed by atoms with Crippen LogP contribution in [0.5, 0.6) is 5.75 Å². The van der Waals surface area contributed by atoms with Crippen molar-refractivity contribution in [2.45, 2.75) is 64.6 Å². The molecule has 0 saturated heterocycles. The van der Waals surface area contributed by atoms with Crippen LogP contribution in [0.3, 0.4) is 0 Å². The molecule has 0 spiro atoms. The van der Waals surface area contributed by atoms with E-state index in [-0.39, 0.29) is 5.78 Å². The van der Waals surface area contributed by atoms with Gasteiger partial charge in [0.05, 0.1) is 0 Å². The summed E-state index contributed by atoms with van der Waals surface area (Å²) in [6.45, 7) is 12.7. The number of thioether (sulfide) groups is 1. The second-order valence-corrected chi connectivity index (χ2v) is 9.90. The molecule has 0 amide bonds. The van der Waals surface area contributed by atoms with Crippen molar-refractivity contribution >= 4 is 29.6 Å². The van der Waals surface area contributed by atoms with Crippen LogP contribution >= 0.6 is 11.8 Å². The van der Waals surface area contributed by atoms with Crippen LogP contribution in [0.2, 0.25) is 0 Å². The third kappa shape index (κ3) is 7.00. The van der Waals surface area contributed by atoms with Crippen molar-refractivity contribution in [1.82, 2.24) is 0 Å². The number of carbonyl (C=O) groups is 2. The summed E-state index contributed by atoms with van der Waals surface area (Å²) in [6, 6.07) is 11.4. The number of hydrogen-bond acceptors (Lipinski definition) is 5. The van der Waals surface area contributed by atoms with Gasteiger partial charge in [0.25, 0.3) is 0 Å². The van der Waals surface area contributed by atoms with E-state index in [1.54, 1.807) is 37.8 Å². The van der Waals surface area contributed by atoms with Gasteiger partial charge in [-0.25, -0.2) is 4.79 Å². The summed E-state index contributed by atoms with van der Waals surface area (Å²) in [5.74, 6) is 0.183. The lowest BCUT2D eigenvalue weighted by Gasteiger charge is -2.30. The van der Waals surface area contributed by atoms with Crippen LogP contribution in [0.15, 0.2) is 47.4 Å². The SMILES string of the molecule is CSc1ccc(C(=O)C=Cc2cc(C)c(OC(C)(C)C(=O)OC(C)(C)C)c(C)c2)cc1. The zero-order chi connectivity index (χ0) is 23.4. The Morgan fingerprint density at radius 3 is 1.97 bits per heavy atom. The zero-order valence-electron chi connectivity index (χ0n) is 19.7. The number of ether oxygens (including phenoxy) is 2. The molecule has 0 N–H and O–H groups in total. The molecule has 0 saturated carbocycles. The summed E-state index contributed by atoms with van der Waals surface area (Å²) in [5, 5.41) is 0. The highest BCUT2D eigenvalue weighted by Crippen LogP contribution is 2.30. The van der Waals surface area contributed by atoms with Crippen molar-refractivity contribution in [2.24, 2.45) is 0 Å². The number of carbonyl (C=O) groups excluding carboxylic acids is 2. The summed E-state index contributed by atoms with van der Waals surface area (Å²) >= 11 is 1.64. The number of hydrogen-bond donors (Lipinski definition) is 0. The lowest BCUT2D eigenvalue weighted by molar-refractivity contribution is -0.171. The minimum Gasteiger partial charge on any atom is -0.476 e. The highest BCUT2D eigenvalue weighted by molar-refractivity contribution is 7.98. The Bertz CT molecular complexity index is 956. The van der Waals surface area contributed by atoms with Gasteiger partial charge in [-0.1, -0.05) is 6.08 Å². The van der Waals surface area contributed by atoms with E-state index in [4.69, 9.17) is 9.47 Å². The molecule has 0 fully saturated rings. The lowest BCUT2D eigenvalue weighted by Crippen LogP contribution is -2.43. The molecule has 5 heteroatoms. The van der Waals surface area contributed by atoms with Crippen molar-refractivity contribution in [3.63, 3.8) is 0 Å². The van der Waals surface area contributed by atoms with Gasteiger partial charge in [-0.2, -0.15) is 0 Å². The normalized spacial score (nSPS) is 12.1. The summed E-state index contributed by atoms with van der Waals surface area (Å²) in [4.78, 5) is 26.1. The fourth-order valence-electron chi connectivity index (χ4n) is 2.96. The monoisotopic (exact) mass is 440 g/mol. The van der Waals surface area contributed by atoms with Crippen molar-refractivity contribution in [3.8, 4) is 5.75 Å². The van der Waals surface area contributed by atoms with Crippen LogP contribution in [0.1, 0.15) is 61.7 Å². The smallest absolute Gasteiger partial charge is 0.350 e. The third-order valence-electron chi connectivity index (χ3n) is 4.53. The minimum atomic E-state index is -1.13. The topological polar surface area (TPSA) is 52.6 Å². The highest BCUT2D eigenvalue weighted by atomic mass is 32.2. The summed E-state index contributed by atoms with van der Waals surface area (Å²) in [7, 11) is 0. The van der Waals surface area contributed by atoms with E-state index in [1.165, 1.54) is 0 Å². The van der Waals surface area contributed by atoms with Crippen LogP contribution in [0, 0.1) is 13.8 Å². The maximum Gasteiger partial charge on any atom is 0.350 e. The molecular weight excluding hydrogens is 408 g/mol. The van der Waals surface area contributed by atoms with E-state index >= 15 is 0 Å². The van der Waals surface area contributed by atoms with Gasteiger partial charge in [0, 0.05) is 10.5 Å². The van der Waals surface area contributed by atoms with Crippen LogP contribution < -0.4 is 4.74 Å². The Morgan fingerprint density at radius 2 is 1.48 bits per heavy atom. The number of rotatable bonds is 7. The third-order valence-corrected chi connectivity index (χ3v) is 5.28. The second-order valence-electron chi connectivity index (χ2n) is 9.02. The summed E-state index contributed by atoms with van der Waals surface area (Å²) < 4.78 is 11.6. The molecule has 0 aliphatic rings. The Kier molecular flexibility index (Phi) is 7.77. The van der Waals surface area contributed by atoms with Crippen LogP contribution in [0.4, 0.5) is 0 Å². The molecule has 0 heterocycles. The summed E-state index contributed by atoms with van der Waals surface area (Å²) in [5.41, 5.74) is 1.60. The van der Waals surface area contributed by atoms with Crippen molar-refractivity contribution in [1.29, 1.82) is 0 Å². The fourth-order valence-corrected chi connectivity index (χ4v) is 3.37. The Morgan fingerprint density at radius 1 is 0.935 bits per heavy atom. The molecule has 166 valence electrons. The summed E-state index contributed by atoms with van der Waals surface area (Å²) in [6.07, 6.45) is 5.38. The molecule has 2 aromatic rings. The van der Waals surface area contributed by atoms with Gasteiger partial charge >= 0.3 is 5.97 Å². The van der Waals surface area contributed by atoms with Gasteiger partial charge in [0.2, 0.25) is 0 Å². The number of allylic oxidation sites excluding steroid dienone is 1. The highest BCUT2D eigenvalue weighted by Gasteiger charge is 2.35. The molecule has 0 aliphatic carbocycles. The molecule has 2 rings (SSSR count). The molecule has 2 aromatic carbocycles. The molecular formula is C26H32O4S. The van der Waals surface area contributed by atoms with Crippen molar-refractivity contribution in [2.75, 3.05) is 6.26 Å². The first kappa shape index (κ1) is 24.7. The Hall–Kier alpha value is -2.53. The fraction of sp³-hybridized carbons (Fsp3) is 0.385. The van der Waals surface area contributed by atoms with Gasteiger partial charge in [0.1, 0.15) is 11.4 Å². The first-order valence-corrected chi connectivity index (χ1v) is 11.4. The van der Waals surface area contributed by atoms with Crippen molar-refractivity contribution < 1.29 is 19.1 Å². The number of ketones is 1. The average Bonchev–Trinajstić information content (AvgIpc) is 2.67. The molecule has 31 heavy (non-hydrogen) atoms. The molecule has 0 aliphatic heterocycles. The predicted molar refractivity (Wildman–Crippen MR) is 128 cm³/mol. The molecule has 0 atom stereocenters. The van der Waals surface area contributed by atoms with E-state index in [2.05, 4.69) is 0 Å². The second kappa shape index (κ2) is 9.73. The Balaban J connectivity index is 2.18. The van der Waals surface area contributed by atoms with E-state index in [0.29, 0.717) is 11.3 Å². The largest absolute Gasteiger partial charge is 0.476 e. The average molecular weight is 441 g/mol. The van der Waals surface area contributed by atoms with Gasteiger partial charge in [0.15, 0.2) is 11.4 Å². The molecule has 0 radical (unpaired) electrons. The number of benzene rings is 2. The standard InChI is InChI=1S/C26H32O4S/c1-17-15-19(9-14-22(27)20-10-12-21(31-8)13-11-20)16-18(2)23(17)29-26(6,7)24(28)30-25(3,4)5/h9-16H,1-8H3. The van der Waals surface area contributed by atoms with Crippen LogP contribution in [-0.2, 0) is 9.53 Å². The molecule has 0 bridgehead atoms. The van der Waals surface area contributed by atoms with Gasteiger partial charge in [-0.3, -0.25) is 4.79 Å². The van der Waals surface area contributed by atoms with Crippen LogP contribution in [0.25, 0.3) is 6.08 Å². The zero-order valence-corrected chi connectivity index (χ0v) is 20.5. The minimum absolute atomic E-state index is 0.0469. The quantitative estimate of drug-likeness (QED) is 0.215. The van der Waals surface area contributed by atoms with Gasteiger partial charge < -0.3 is 9.47 Å². The van der Waals surface area contributed by atoms with Gasteiger partial charge in [-0.15, -0.1) is 11.8 Å². The number of aryl methyl sites for hydroxylation is 2. The van der Waals surface area contributed by atoms with E-state index in [1.807, 2.05) is 77.3 Å². The van der Waals surface area contributed by atoms with Crippen LogP contribution in [-0.4, -0.2) is 29.2 Å². The van der Waals surface area contributed by atoms with E-state index in [0.717, 1.165) is 21.6 Å². The first-order chi connectivity index (χ1) is 14.3. The predicted octanol–water partition coefficient (Wildman–Crippen LogP) is 6.42. The first-order valence-electron chi connectivity index (χ1n) is 10.2. The van der Waals surface area contributed by atoms with E-state index in [9.17, 15) is 9.59 Å². The molecule has 4 nitrogen and oxygen atoms in total. The van der Waals surface area contributed by atoms with Crippen molar-refractivity contribution in [3.05, 3.63) is 64.7 Å². The number of esters is 1. The Labute approximate surface area is 190 Å². The van der Waals surface area contributed by atoms with E-state index < -0.39 is 17.2 Å².